The number of guanidine groups is 1. The van der Waals surface area contributed by atoms with E-state index in [2.05, 4.69) is 52.5 Å². The van der Waals surface area contributed by atoms with Gasteiger partial charge in [0, 0.05) is 39.3 Å². The Labute approximate surface area is 188 Å². The Morgan fingerprint density at radius 2 is 1.94 bits per heavy atom. The van der Waals surface area contributed by atoms with Gasteiger partial charge in [0.15, 0.2) is 5.96 Å². The number of likely N-dealkylation sites (tertiary alicyclic amines) is 1. The van der Waals surface area contributed by atoms with Gasteiger partial charge < -0.3 is 20.1 Å². The molecule has 174 valence electrons. The summed E-state index contributed by atoms with van der Waals surface area (Å²) < 4.78 is 10.9. The summed E-state index contributed by atoms with van der Waals surface area (Å²) in [5, 5.41) is 7.04. The SMILES string of the molecule is CCNC(=NCC(C)CN1CCOCC1)NCC(c1cccc(OC)c1)N1CCCC1. The Morgan fingerprint density at radius 1 is 1.16 bits per heavy atom. The number of ether oxygens (including phenoxy) is 2. The van der Waals surface area contributed by atoms with Gasteiger partial charge in [0.1, 0.15) is 5.75 Å². The Hall–Kier alpha value is -1.83. The van der Waals surface area contributed by atoms with Crippen LogP contribution in [0.2, 0.25) is 0 Å². The van der Waals surface area contributed by atoms with Crippen LogP contribution in [-0.4, -0.2) is 88.4 Å². The van der Waals surface area contributed by atoms with Crippen LogP contribution in [0.15, 0.2) is 29.3 Å². The summed E-state index contributed by atoms with van der Waals surface area (Å²) in [6, 6.07) is 8.79. The lowest BCUT2D eigenvalue weighted by Gasteiger charge is -2.29. The molecule has 0 aromatic heterocycles. The molecular formula is C24H41N5O2. The van der Waals surface area contributed by atoms with Crippen molar-refractivity contribution in [3.63, 3.8) is 0 Å². The molecule has 7 nitrogen and oxygen atoms in total. The van der Waals surface area contributed by atoms with E-state index in [1.165, 1.54) is 18.4 Å². The number of hydrogen-bond acceptors (Lipinski definition) is 5. The van der Waals surface area contributed by atoms with E-state index in [4.69, 9.17) is 14.5 Å². The first kappa shape index (κ1) is 23.8. The van der Waals surface area contributed by atoms with E-state index < -0.39 is 0 Å². The third kappa shape index (κ3) is 7.66. The Balaban J connectivity index is 1.60. The number of aliphatic imine (C=N–C) groups is 1. The molecule has 0 saturated carbocycles. The second-order valence-electron chi connectivity index (χ2n) is 8.65. The van der Waals surface area contributed by atoms with Crippen LogP contribution >= 0.6 is 0 Å². The molecule has 3 rings (SSSR count). The molecule has 1 aromatic rings. The Bertz CT molecular complexity index is 672. The molecule has 2 atom stereocenters. The van der Waals surface area contributed by atoms with Crippen molar-refractivity contribution in [1.82, 2.24) is 20.4 Å². The highest BCUT2D eigenvalue weighted by atomic mass is 16.5. The smallest absolute Gasteiger partial charge is 0.191 e. The van der Waals surface area contributed by atoms with Gasteiger partial charge in [-0.25, -0.2) is 0 Å². The van der Waals surface area contributed by atoms with Crippen LogP contribution in [0, 0.1) is 5.92 Å². The van der Waals surface area contributed by atoms with Gasteiger partial charge in [-0.2, -0.15) is 0 Å². The minimum absolute atomic E-state index is 0.312. The molecule has 2 fully saturated rings. The molecule has 2 heterocycles. The van der Waals surface area contributed by atoms with Crippen LogP contribution in [0.5, 0.6) is 5.75 Å². The molecule has 0 spiro atoms. The summed E-state index contributed by atoms with van der Waals surface area (Å²) in [5.74, 6) is 2.34. The van der Waals surface area contributed by atoms with Crippen molar-refractivity contribution in [2.24, 2.45) is 10.9 Å². The highest BCUT2D eigenvalue weighted by molar-refractivity contribution is 5.79. The quantitative estimate of drug-likeness (QED) is 0.438. The molecule has 0 aliphatic carbocycles. The van der Waals surface area contributed by atoms with E-state index in [0.29, 0.717) is 12.0 Å². The number of nitrogens with zero attached hydrogens (tertiary/aromatic N) is 3. The fourth-order valence-electron chi connectivity index (χ4n) is 4.42. The van der Waals surface area contributed by atoms with Crippen LogP contribution in [0.4, 0.5) is 0 Å². The van der Waals surface area contributed by atoms with Gasteiger partial charge >= 0.3 is 0 Å². The maximum atomic E-state index is 5.47. The molecule has 1 aromatic carbocycles. The van der Waals surface area contributed by atoms with Crippen molar-refractivity contribution in [2.75, 3.05) is 72.7 Å². The number of rotatable bonds is 10. The standard InChI is InChI=1S/C24H41N5O2/c1-4-25-24(26-17-20(2)19-28-12-14-31-15-13-28)27-18-23(29-10-5-6-11-29)21-8-7-9-22(16-21)30-3/h7-9,16,20,23H,4-6,10-15,17-19H2,1-3H3,(H2,25,26,27). The first-order chi connectivity index (χ1) is 15.2. The number of benzene rings is 1. The molecule has 0 radical (unpaired) electrons. The molecule has 7 heteroatoms. The second-order valence-corrected chi connectivity index (χ2v) is 8.65. The zero-order valence-electron chi connectivity index (χ0n) is 19.6. The highest BCUT2D eigenvalue weighted by Crippen LogP contribution is 2.27. The van der Waals surface area contributed by atoms with Crippen LogP contribution in [0.25, 0.3) is 0 Å². The summed E-state index contributed by atoms with van der Waals surface area (Å²) in [6.45, 7) is 14.0. The van der Waals surface area contributed by atoms with Gasteiger partial charge in [0.05, 0.1) is 26.4 Å². The largest absolute Gasteiger partial charge is 0.497 e. The maximum Gasteiger partial charge on any atom is 0.191 e. The predicted octanol–water partition coefficient (Wildman–Crippen LogP) is 2.36. The lowest BCUT2D eigenvalue weighted by molar-refractivity contribution is 0.0323. The highest BCUT2D eigenvalue weighted by Gasteiger charge is 2.24. The van der Waals surface area contributed by atoms with Crippen LogP contribution < -0.4 is 15.4 Å². The predicted molar refractivity (Wildman–Crippen MR) is 127 cm³/mol. The summed E-state index contributed by atoms with van der Waals surface area (Å²) in [6.07, 6.45) is 2.54. The first-order valence-electron chi connectivity index (χ1n) is 11.9. The molecule has 2 N–H and O–H groups in total. The summed E-state index contributed by atoms with van der Waals surface area (Å²) in [5.41, 5.74) is 1.30. The Morgan fingerprint density at radius 3 is 2.65 bits per heavy atom. The van der Waals surface area contributed by atoms with Gasteiger partial charge in [-0.05, 0) is 56.5 Å². The van der Waals surface area contributed by atoms with Crippen LogP contribution in [0.3, 0.4) is 0 Å². The number of morpholine rings is 1. The van der Waals surface area contributed by atoms with Crippen molar-refractivity contribution in [3.8, 4) is 5.75 Å². The van der Waals surface area contributed by atoms with Crippen molar-refractivity contribution >= 4 is 5.96 Å². The lowest BCUT2D eigenvalue weighted by Crippen LogP contribution is -2.43. The maximum absolute atomic E-state index is 5.47. The van der Waals surface area contributed by atoms with Gasteiger partial charge in [-0.3, -0.25) is 14.8 Å². The van der Waals surface area contributed by atoms with Crippen LogP contribution in [0.1, 0.15) is 38.3 Å². The molecule has 2 unspecified atom stereocenters. The Kier molecular flexibility index (Phi) is 9.90. The topological polar surface area (TPSA) is 61.4 Å². The molecule has 31 heavy (non-hydrogen) atoms. The van der Waals surface area contributed by atoms with Crippen molar-refractivity contribution in [2.45, 2.75) is 32.7 Å². The zero-order chi connectivity index (χ0) is 21.9. The van der Waals surface area contributed by atoms with Gasteiger partial charge in [-0.15, -0.1) is 0 Å². The van der Waals surface area contributed by atoms with E-state index in [0.717, 1.165) is 77.3 Å². The summed E-state index contributed by atoms with van der Waals surface area (Å²) >= 11 is 0. The molecule has 2 aliphatic heterocycles. The number of nitrogens with one attached hydrogen (secondary N) is 2. The lowest BCUT2D eigenvalue weighted by atomic mass is 10.1. The van der Waals surface area contributed by atoms with Gasteiger partial charge in [0.2, 0.25) is 0 Å². The summed E-state index contributed by atoms with van der Waals surface area (Å²) in [7, 11) is 1.73. The van der Waals surface area contributed by atoms with Crippen LogP contribution in [-0.2, 0) is 4.74 Å². The average Bonchev–Trinajstić information content (AvgIpc) is 3.33. The monoisotopic (exact) mass is 431 g/mol. The summed E-state index contributed by atoms with van der Waals surface area (Å²) in [4.78, 5) is 9.96. The van der Waals surface area contributed by atoms with Crippen molar-refractivity contribution < 1.29 is 9.47 Å². The fourth-order valence-corrected chi connectivity index (χ4v) is 4.42. The van der Waals surface area contributed by atoms with E-state index in [-0.39, 0.29) is 0 Å². The minimum Gasteiger partial charge on any atom is -0.497 e. The molecule has 2 saturated heterocycles. The van der Waals surface area contributed by atoms with Crippen molar-refractivity contribution in [3.05, 3.63) is 29.8 Å². The zero-order valence-corrected chi connectivity index (χ0v) is 19.6. The molecule has 0 bridgehead atoms. The fraction of sp³-hybridized carbons (Fsp3) is 0.708. The van der Waals surface area contributed by atoms with E-state index in [9.17, 15) is 0 Å². The average molecular weight is 432 g/mol. The first-order valence-corrected chi connectivity index (χ1v) is 11.9. The van der Waals surface area contributed by atoms with E-state index >= 15 is 0 Å². The number of hydrogen-bond donors (Lipinski definition) is 2. The normalized spacial score (nSPS) is 20.4. The molecule has 0 amide bonds. The molecular weight excluding hydrogens is 390 g/mol. The third-order valence-corrected chi connectivity index (χ3v) is 6.10. The van der Waals surface area contributed by atoms with Crippen molar-refractivity contribution in [1.29, 1.82) is 0 Å². The van der Waals surface area contributed by atoms with Gasteiger partial charge in [0.25, 0.3) is 0 Å². The van der Waals surface area contributed by atoms with Gasteiger partial charge in [-0.1, -0.05) is 19.1 Å². The van der Waals surface area contributed by atoms with E-state index in [1.54, 1.807) is 7.11 Å². The number of methoxy groups -OCH3 is 1. The third-order valence-electron chi connectivity index (χ3n) is 6.10. The van der Waals surface area contributed by atoms with E-state index in [1.807, 2.05) is 6.07 Å². The second kappa shape index (κ2) is 12.9. The molecule has 2 aliphatic rings. The minimum atomic E-state index is 0.312.